The largest absolute Gasteiger partial charge is 0.384 e. The molecular formula is C13H12BrN3. The standard InChI is InChI=1S/C13H12BrN3/c1-3-16-12-9(6-15)7-17-13-10(12)5-4-8(2)11(13)14/h4-5,7H,3H2,1-2H3,(H,16,17). The van der Waals surface area contributed by atoms with Crippen molar-refractivity contribution >= 4 is 32.5 Å². The fourth-order valence-electron chi connectivity index (χ4n) is 1.78. The molecule has 1 heterocycles. The van der Waals surface area contributed by atoms with Crippen LogP contribution < -0.4 is 5.32 Å². The Morgan fingerprint density at radius 3 is 2.88 bits per heavy atom. The molecule has 2 rings (SSSR count). The maximum Gasteiger partial charge on any atom is 0.103 e. The lowest BCUT2D eigenvalue weighted by Gasteiger charge is -2.11. The van der Waals surface area contributed by atoms with Gasteiger partial charge in [0.1, 0.15) is 6.07 Å². The Labute approximate surface area is 109 Å². The van der Waals surface area contributed by atoms with Crippen LogP contribution in [0.25, 0.3) is 10.9 Å². The van der Waals surface area contributed by atoms with Crippen molar-refractivity contribution in [3.63, 3.8) is 0 Å². The van der Waals surface area contributed by atoms with Gasteiger partial charge in [0, 0.05) is 22.6 Å². The van der Waals surface area contributed by atoms with Gasteiger partial charge in [-0.05, 0) is 35.3 Å². The van der Waals surface area contributed by atoms with Crippen molar-refractivity contribution in [3.05, 3.63) is 33.9 Å². The van der Waals surface area contributed by atoms with Gasteiger partial charge in [0.05, 0.1) is 16.8 Å². The van der Waals surface area contributed by atoms with Crippen LogP contribution in [0, 0.1) is 18.3 Å². The molecule has 0 aliphatic rings. The van der Waals surface area contributed by atoms with Crippen LogP contribution in [0.3, 0.4) is 0 Å². The van der Waals surface area contributed by atoms with Gasteiger partial charge in [0.2, 0.25) is 0 Å². The number of halogens is 1. The molecule has 3 nitrogen and oxygen atoms in total. The normalized spacial score (nSPS) is 10.2. The molecule has 0 saturated carbocycles. The van der Waals surface area contributed by atoms with Crippen molar-refractivity contribution in [1.29, 1.82) is 5.26 Å². The second-order valence-corrected chi connectivity index (χ2v) is 4.57. The Hall–Kier alpha value is -1.60. The SMILES string of the molecule is CCNc1c(C#N)cnc2c(Br)c(C)ccc12. The number of anilines is 1. The molecule has 0 aliphatic heterocycles. The molecule has 0 spiro atoms. The minimum atomic E-state index is 0.579. The summed E-state index contributed by atoms with van der Waals surface area (Å²) in [6.07, 6.45) is 1.62. The molecule has 2 aromatic rings. The number of rotatable bonds is 2. The summed E-state index contributed by atoms with van der Waals surface area (Å²) in [5, 5.41) is 13.3. The van der Waals surface area contributed by atoms with Crippen LogP contribution in [0.1, 0.15) is 18.1 Å². The van der Waals surface area contributed by atoms with Crippen molar-refractivity contribution in [3.8, 4) is 6.07 Å². The molecule has 86 valence electrons. The lowest BCUT2D eigenvalue weighted by atomic mass is 10.1. The predicted octanol–water partition coefficient (Wildman–Crippen LogP) is 3.61. The number of hydrogen-bond acceptors (Lipinski definition) is 3. The van der Waals surface area contributed by atoms with Crippen LogP contribution in [0.4, 0.5) is 5.69 Å². The van der Waals surface area contributed by atoms with E-state index in [1.54, 1.807) is 6.20 Å². The highest BCUT2D eigenvalue weighted by Gasteiger charge is 2.11. The fraction of sp³-hybridized carbons (Fsp3) is 0.231. The Bertz CT molecular complexity index is 614. The van der Waals surface area contributed by atoms with E-state index in [1.165, 1.54) is 0 Å². The summed E-state index contributed by atoms with van der Waals surface area (Å²) in [6, 6.07) is 6.19. The van der Waals surface area contributed by atoms with Gasteiger partial charge in [-0.3, -0.25) is 4.98 Å². The van der Waals surface area contributed by atoms with Crippen LogP contribution in [0.15, 0.2) is 22.8 Å². The molecule has 1 aromatic heterocycles. The molecular weight excluding hydrogens is 278 g/mol. The van der Waals surface area contributed by atoms with Crippen LogP contribution in [-0.4, -0.2) is 11.5 Å². The summed E-state index contributed by atoms with van der Waals surface area (Å²) in [6.45, 7) is 4.81. The number of fused-ring (bicyclic) bond motifs is 1. The van der Waals surface area contributed by atoms with Crippen molar-refractivity contribution in [1.82, 2.24) is 4.98 Å². The maximum absolute atomic E-state index is 9.09. The molecule has 0 amide bonds. The first-order valence-corrected chi connectivity index (χ1v) is 6.20. The molecule has 0 radical (unpaired) electrons. The van der Waals surface area contributed by atoms with E-state index in [2.05, 4.69) is 32.3 Å². The maximum atomic E-state index is 9.09. The molecule has 0 bridgehead atoms. The number of benzene rings is 1. The van der Waals surface area contributed by atoms with Gasteiger partial charge < -0.3 is 5.32 Å². The van der Waals surface area contributed by atoms with E-state index in [1.807, 2.05) is 26.0 Å². The summed E-state index contributed by atoms with van der Waals surface area (Å²) >= 11 is 3.54. The Kier molecular flexibility index (Phi) is 3.30. The monoisotopic (exact) mass is 289 g/mol. The molecule has 1 N–H and O–H groups in total. The zero-order valence-corrected chi connectivity index (χ0v) is 11.3. The van der Waals surface area contributed by atoms with E-state index in [-0.39, 0.29) is 0 Å². The summed E-state index contributed by atoms with van der Waals surface area (Å²) in [4.78, 5) is 4.35. The number of pyridine rings is 1. The smallest absolute Gasteiger partial charge is 0.103 e. The van der Waals surface area contributed by atoms with Gasteiger partial charge in [0.15, 0.2) is 0 Å². The minimum absolute atomic E-state index is 0.579. The van der Waals surface area contributed by atoms with Gasteiger partial charge in [-0.25, -0.2) is 0 Å². The fourth-order valence-corrected chi connectivity index (χ4v) is 2.23. The Morgan fingerprint density at radius 2 is 2.24 bits per heavy atom. The van der Waals surface area contributed by atoms with Crippen molar-refractivity contribution in [2.45, 2.75) is 13.8 Å². The van der Waals surface area contributed by atoms with E-state index in [4.69, 9.17) is 5.26 Å². The summed E-state index contributed by atoms with van der Waals surface area (Å²) < 4.78 is 0.985. The van der Waals surface area contributed by atoms with E-state index in [0.29, 0.717) is 5.56 Å². The second kappa shape index (κ2) is 4.72. The number of aromatic nitrogens is 1. The van der Waals surface area contributed by atoms with Crippen molar-refractivity contribution in [2.24, 2.45) is 0 Å². The molecule has 4 heteroatoms. The predicted molar refractivity (Wildman–Crippen MR) is 73.1 cm³/mol. The number of nitriles is 1. The van der Waals surface area contributed by atoms with Crippen LogP contribution in [0.2, 0.25) is 0 Å². The highest BCUT2D eigenvalue weighted by atomic mass is 79.9. The Balaban J connectivity index is 2.82. The zero-order valence-electron chi connectivity index (χ0n) is 9.71. The lowest BCUT2D eigenvalue weighted by Crippen LogP contribution is -2.01. The molecule has 0 atom stereocenters. The van der Waals surface area contributed by atoms with E-state index in [9.17, 15) is 0 Å². The molecule has 0 unspecified atom stereocenters. The van der Waals surface area contributed by atoms with E-state index < -0.39 is 0 Å². The van der Waals surface area contributed by atoms with E-state index in [0.717, 1.165) is 33.2 Å². The zero-order chi connectivity index (χ0) is 12.4. The third-order valence-electron chi connectivity index (χ3n) is 2.64. The summed E-state index contributed by atoms with van der Waals surface area (Å²) in [5.74, 6) is 0. The third kappa shape index (κ3) is 1.98. The average Bonchev–Trinajstić information content (AvgIpc) is 2.34. The number of hydrogen-bond donors (Lipinski definition) is 1. The topological polar surface area (TPSA) is 48.7 Å². The van der Waals surface area contributed by atoms with Gasteiger partial charge in [0.25, 0.3) is 0 Å². The van der Waals surface area contributed by atoms with Gasteiger partial charge >= 0.3 is 0 Å². The first-order valence-electron chi connectivity index (χ1n) is 5.40. The number of nitrogens with one attached hydrogen (secondary N) is 1. The van der Waals surface area contributed by atoms with Crippen molar-refractivity contribution in [2.75, 3.05) is 11.9 Å². The minimum Gasteiger partial charge on any atom is -0.384 e. The van der Waals surface area contributed by atoms with Gasteiger partial charge in [-0.1, -0.05) is 12.1 Å². The van der Waals surface area contributed by atoms with Crippen LogP contribution in [-0.2, 0) is 0 Å². The molecule has 1 aromatic carbocycles. The summed E-state index contributed by atoms with van der Waals surface area (Å²) in [7, 11) is 0. The third-order valence-corrected chi connectivity index (χ3v) is 3.65. The van der Waals surface area contributed by atoms with Gasteiger partial charge in [-0.15, -0.1) is 0 Å². The molecule has 0 saturated heterocycles. The molecule has 0 aliphatic carbocycles. The van der Waals surface area contributed by atoms with Crippen LogP contribution in [0.5, 0.6) is 0 Å². The first kappa shape index (κ1) is 11.9. The number of aryl methyl sites for hydroxylation is 1. The van der Waals surface area contributed by atoms with E-state index >= 15 is 0 Å². The quantitative estimate of drug-likeness (QED) is 0.919. The molecule has 17 heavy (non-hydrogen) atoms. The lowest BCUT2D eigenvalue weighted by molar-refractivity contribution is 1.20. The van der Waals surface area contributed by atoms with Gasteiger partial charge in [-0.2, -0.15) is 5.26 Å². The summed E-state index contributed by atoms with van der Waals surface area (Å²) in [5.41, 5.74) is 3.47. The highest BCUT2D eigenvalue weighted by molar-refractivity contribution is 9.10. The first-order chi connectivity index (χ1) is 8.19. The Morgan fingerprint density at radius 1 is 1.47 bits per heavy atom. The average molecular weight is 290 g/mol. The second-order valence-electron chi connectivity index (χ2n) is 3.78. The van der Waals surface area contributed by atoms with Crippen molar-refractivity contribution < 1.29 is 0 Å². The van der Waals surface area contributed by atoms with Crippen LogP contribution >= 0.6 is 15.9 Å². The number of nitrogens with zero attached hydrogens (tertiary/aromatic N) is 2. The molecule has 0 fully saturated rings. The highest BCUT2D eigenvalue weighted by Crippen LogP contribution is 2.32.